The maximum Gasteiger partial charge on any atom is 0.308 e. The molecule has 8 nitrogen and oxygen atoms in total. The lowest BCUT2D eigenvalue weighted by Crippen LogP contribution is -2.51. The summed E-state index contributed by atoms with van der Waals surface area (Å²) in [5.74, 6) is -2.06. The summed E-state index contributed by atoms with van der Waals surface area (Å²) in [5.41, 5.74) is 0. The van der Waals surface area contributed by atoms with Gasteiger partial charge in [-0.25, -0.2) is 8.42 Å². The number of rotatable bonds is 9. The zero-order valence-electron chi connectivity index (χ0n) is 15.6. The minimum absolute atomic E-state index is 0.0123. The second kappa shape index (κ2) is 9.00. The van der Waals surface area contributed by atoms with E-state index in [2.05, 4.69) is 4.72 Å². The van der Waals surface area contributed by atoms with Gasteiger partial charge < -0.3 is 14.7 Å². The molecular weight excluding hydrogens is 360 g/mol. The molecule has 1 aromatic rings. The minimum atomic E-state index is -3.92. The Bertz CT molecular complexity index is 730. The number of carboxylic acid groups (broad SMARTS) is 1. The lowest BCUT2D eigenvalue weighted by molar-refractivity contribution is -0.143. The van der Waals surface area contributed by atoms with Crippen LogP contribution in [0.5, 0.6) is 5.75 Å². The summed E-state index contributed by atoms with van der Waals surface area (Å²) in [5, 5.41) is 8.98. The molecule has 26 heavy (non-hydrogen) atoms. The summed E-state index contributed by atoms with van der Waals surface area (Å²) in [4.78, 5) is 24.9. The third-order valence-electron chi connectivity index (χ3n) is 3.93. The molecule has 2 N–H and O–H groups in total. The van der Waals surface area contributed by atoms with E-state index >= 15 is 0 Å². The first-order chi connectivity index (χ1) is 12.0. The molecule has 2 unspecified atom stereocenters. The fourth-order valence-corrected chi connectivity index (χ4v) is 3.62. The number of aliphatic carboxylic acids is 1. The normalized spacial score (nSPS) is 13.9. The molecule has 1 amide bonds. The molecule has 0 aliphatic heterocycles. The molecule has 0 spiro atoms. The maximum absolute atomic E-state index is 12.6. The van der Waals surface area contributed by atoms with Crippen LogP contribution >= 0.6 is 0 Å². The molecule has 0 saturated carbocycles. The van der Waals surface area contributed by atoms with E-state index in [1.807, 2.05) is 0 Å². The Kier molecular flexibility index (Phi) is 7.58. The van der Waals surface area contributed by atoms with Crippen molar-refractivity contribution in [3.63, 3.8) is 0 Å². The Morgan fingerprint density at radius 3 is 2.15 bits per heavy atom. The van der Waals surface area contributed by atoms with Crippen LogP contribution in [0.4, 0.5) is 0 Å². The van der Waals surface area contributed by atoms with Crippen molar-refractivity contribution in [2.75, 3.05) is 20.7 Å². The quantitative estimate of drug-likeness (QED) is 0.659. The van der Waals surface area contributed by atoms with Gasteiger partial charge in [0.15, 0.2) is 0 Å². The monoisotopic (exact) mass is 386 g/mol. The Morgan fingerprint density at radius 2 is 1.73 bits per heavy atom. The van der Waals surface area contributed by atoms with E-state index in [1.54, 1.807) is 13.8 Å². The molecule has 0 aliphatic rings. The van der Waals surface area contributed by atoms with Crippen molar-refractivity contribution in [2.45, 2.75) is 31.7 Å². The number of hydrogen-bond donors (Lipinski definition) is 2. The molecule has 9 heteroatoms. The standard InChI is InChI=1S/C17H26N2O6S/c1-11(2)15(16(20)19(4)10-12(3)17(21)22)18-26(23,24)14-8-6-13(25-5)7-9-14/h6-9,11-12,15,18H,10H2,1-5H3,(H,21,22). The Balaban J connectivity index is 2.98. The number of carbonyl (C=O) groups excluding carboxylic acids is 1. The maximum atomic E-state index is 12.6. The van der Waals surface area contributed by atoms with Gasteiger partial charge in [-0.2, -0.15) is 4.72 Å². The van der Waals surface area contributed by atoms with Crippen LogP contribution in [0.1, 0.15) is 20.8 Å². The summed E-state index contributed by atoms with van der Waals surface area (Å²) >= 11 is 0. The highest BCUT2D eigenvalue weighted by atomic mass is 32.2. The van der Waals surface area contributed by atoms with Gasteiger partial charge in [0.25, 0.3) is 0 Å². The van der Waals surface area contributed by atoms with Crippen LogP contribution in [-0.4, -0.2) is 57.0 Å². The molecule has 0 bridgehead atoms. The minimum Gasteiger partial charge on any atom is -0.497 e. The van der Waals surface area contributed by atoms with E-state index in [4.69, 9.17) is 9.84 Å². The van der Waals surface area contributed by atoms with Crippen LogP contribution < -0.4 is 9.46 Å². The van der Waals surface area contributed by atoms with Crippen molar-refractivity contribution in [1.29, 1.82) is 0 Å². The second-order valence-corrected chi connectivity index (χ2v) is 8.19. The summed E-state index contributed by atoms with van der Waals surface area (Å²) in [7, 11) is -0.990. The number of carboxylic acids is 1. The van der Waals surface area contributed by atoms with Gasteiger partial charge in [0.2, 0.25) is 15.9 Å². The Hall–Kier alpha value is -2.13. The van der Waals surface area contributed by atoms with Crippen molar-refractivity contribution in [3.05, 3.63) is 24.3 Å². The van der Waals surface area contributed by atoms with Gasteiger partial charge in [-0.15, -0.1) is 0 Å². The molecule has 0 radical (unpaired) electrons. The number of sulfonamides is 1. The number of nitrogens with one attached hydrogen (secondary N) is 1. The first-order valence-electron chi connectivity index (χ1n) is 8.13. The number of ether oxygens (including phenoxy) is 1. The first kappa shape index (κ1) is 21.9. The predicted molar refractivity (Wildman–Crippen MR) is 96.4 cm³/mol. The fraction of sp³-hybridized carbons (Fsp3) is 0.529. The molecule has 1 aromatic carbocycles. The summed E-state index contributed by atoms with van der Waals surface area (Å²) in [6.45, 7) is 4.90. The van der Waals surface area contributed by atoms with Crippen LogP contribution in [0.25, 0.3) is 0 Å². The molecule has 0 saturated heterocycles. The van der Waals surface area contributed by atoms with Crippen LogP contribution in [0.3, 0.4) is 0 Å². The van der Waals surface area contributed by atoms with Gasteiger partial charge in [-0.3, -0.25) is 9.59 Å². The second-order valence-electron chi connectivity index (χ2n) is 6.48. The first-order valence-corrected chi connectivity index (χ1v) is 9.62. The summed E-state index contributed by atoms with van der Waals surface area (Å²) < 4.78 is 32.6. The van der Waals surface area contributed by atoms with E-state index < -0.39 is 33.9 Å². The third-order valence-corrected chi connectivity index (χ3v) is 5.39. The zero-order chi connectivity index (χ0) is 20.1. The summed E-state index contributed by atoms with van der Waals surface area (Å²) in [6.07, 6.45) is 0. The van der Waals surface area contributed by atoms with E-state index in [-0.39, 0.29) is 17.4 Å². The van der Waals surface area contributed by atoms with Crippen molar-refractivity contribution >= 4 is 21.9 Å². The highest BCUT2D eigenvalue weighted by molar-refractivity contribution is 7.89. The third kappa shape index (κ3) is 5.70. The van der Waals surface area contributed by atoms with Crippen LogP contribution in [0, 0.1) is 11.8 Å². The van der Waals surface area contributed by atoms with Gasteiger partial charge in [-0.05, 0) is 30.2 Å². The van der Waals surface area contributed by atoms with Crippen molar-refractivity contribution in [1.82, 2.24) is 9.62 Å². The van der Waals surface area contributed by atoms with Gasteiger partial charge >= 0.3 is 5.97 Å². The lowest BCUT2D eigenvalue weighted by atomic mass is 10.0. The molecule has 2 atom stereocenters. The largest absolute Gasteiger partial charge is 0.497 e. The van der Waals surface area contributed by atoms with Crippen molar-refractivity contribution in [2.24, 2.45) is 11.8 Å². The van der Waals surface area contributed by atoms with Gasteiger partial charge in [-0.1, -0.05) is 20.8 Å². The highest BCUT2D eigenvalue weighted by Crippen LogP contribution is 2.17. The molecule has 0 heterocycles. The Morgan fingerprint density at radius 1 is 1.19 bits per heavy atom. The van der Waals surface area contributed by atoms with Gasteiger partial charge in [0, 0.05) is 13.6 Å². The van der Waals surface area contributed by atoms with Crippen LogP contribution in [0.2, 0.25) is 0 Å². The predicted octanol–water partition coefficient (Wildman–Crippen LogP) is 1.18. The van der Waals surface area contributed by atoms with E-state index in [0.29, 0.717) is 5.75 Å². The van der Waals surface area contributed by atoms with E-state index in [9.17, 15) is 18.0 Å². The van der Waals surface area contributed by atoms with Gasteiger partial charge in [0.05, 0.1) is 17.9 Å². The average Bonchev–Trinajstić information content (AvgIpc) is 2.58. The smallest absolute Gasteiger partial charge is 0.308 e. The van der Waals surface area contributed by atoms with Crippen molar-refractivity contribution < 1.29 is 27.9 Å². The number of amides is 1. The highest BCUT2D eigenvalue weighted by Gasteiger charge is 2.31. The van der Waals surface area contributed by atoms with Crippen LogP contribution in [-0.2, 0) is 19.6 Å². The number of methoxy groups -OCH3 is 1. The number of likely N-dealkylation sites (N-methyl/N-ethyl adjacent to an activating group) is 1. The van der Waals surface area contributed by atoms with Crippen molar-refractivity contribution in [3.8, 4) is 5.75 Å². The molecule has 0 aromatic heterocycles. The average molecular weight is 386 g/mol. The Labute approximate surface area is 154 Å². The number of carbonyl (C=O) groups is 2. The number of nitrogens with zero attached hydrogens (tertiary/aromatic N) is 1. The van der Waals surface area contributed by atoms with Gasteiger partial charge in [0.1, 0.15) is 11.8 Å². The fourth-order valence-electron chi connectivity index (χ4n) is 2.28. The molecule has 1 rings (SSSR count). The van der Waals surface area contributed by atoms with E-state index in [1.165, 1.54) is 50.2 Å². The molecule has 146 valence electrons. The van der Waals surface area contributed by atoms with Crippen LogP contribution in [0.15, 0.2) is 29.2 Å². The molecule has 0 fully saturated rings. The number of hydrogen-bond acceptors (Lipinski definition) is 5. The lowest BCUT2D eigenvalue weighted by Gasteiger charge is -2.28. The van der Waals surface area contributed by atoms with E-state index in [0.717, 1.165) is 0 Å². The molecular formula is C17H26N2O6S. The summed E-state index contributed by atoms with van der Waals surface area (Å²) in [6, 6.07) is 4.80. The SMILES string of the molecule is COc1ccc(S(=O)(=O)NC(C(=O)N(C)CC(C)C(=O)O)C(C)C)cc1. The molecule has 0 aliphatic carbocycles. The topological polar surface area (TPSA) is 113 Å². The zero-order valence-corrected chi connectivity index (χ0v) is 16.4. The number of benzene rings is 1.